The summed E-state index contributed by atoms with van der Waals surface area (Å²) < 4.78 is 0. The number of aryl methyl sites for hydroxylation is 1. The van der Waals surface area contributed by atoms with Crippen molar-refractivity contribution in [3.63, 3.8) is 0 Å². The zero-order chi connectivity index (χ0) is 13.7. The van der Waals surface area contributed by atoms with Gasteiger partial charge in [-0.3, -0.25) is 4.79 Å². The maximum absolute atomic E-state index is 11.7. The number of benzene rings is 1. The maximum atomic E-state index is 11.7. The van der Waals surface area contributed by atoms with Crippen molar-refractivity contribution in [2.75, 3.05) is 19.4 Å². The molecule has 1 aromatic rings. The predicted molar refractivity (Wildman–Crippen MR) is 82.7 cm³/mol. The molecule has 0 aliphatic heterocycles. The van der Waals surface area contributed by atoms with E-state index in [1.54, 1.807) is 0 Å². The van der Waals surface area contributed by atoms with Crippen LogP contribution in [0.5, 0.6) is 0 Å². The molecule has 1 unspecified atom stereocenters. The zero-order valence-electron chi connectivity index (χ0n) is 12.1. The first-order valence-electron chi connectivity index (χ1n) is 6.17. The van der Waals surface area contributed by atoms with Gasteiger partial charge in [-0.1, -0.05) is 6.07 Å². The molecular weight excluding hydrogens is 262 g/mol. The van der Waals surface area contributed by atoms with Crippen LogP contribution in [0.1, 0.15) is 24.5 Å². The average Bonchev–Trinajstić information content (AvgIpc) is 2.12. The summed E-state index contributed by atoms with van der Waals surface area (Å²) in [6.45, 7) is 4.71. The Hall–Kier alpha value is -1.10. The van der Waals surface area contributed by atoms with Crippen LogP contribution < -0.4 is 11.1 Å². The summed E-state index contributed by atoms with van der Waals surface area (Å²) in [4.78, 5) is 13.8. The van der Waals surface area contributed by atoms with E-state index in [9.17, 15) is 4.79 Å². The van der Waals surface area contributed by atoms with Crippen molar-refractivity contribution in [3.05, 3.63) is 29.3 Å². The van der Waals surface area contributed by atoms with Gasteiger partial charge < -0.3 is 16.0 Å². The van der Waals surface area contributed by atoms with Crippen LogP contribution in [-0.2, 0) is 11.3 Å². The van der Waals surface area contributed by atoms with Crippen molar-refractivity contribution < 1.29 is 4.79 Å². The van der Waals surface area contributed by atoms with Gasteiger partial charge >= 0.3 is 0 Å². The van der Waals surface area contributed by atoms with E-state index in [1.807, 2.05) is 40.1 Å². The van der Waals surface area contributed by atoms with Crippen LogP contribution in [-0.4, -0.2) is 30.9 Å². The summed E-state index contributed by atoms with van der Waals surface area (Å²) in [6.07, 6.45) is 0.344. The van der Waals surface area contributed by atoms with E-state index in [2.05, 4.69) is 16.3 Å². The van der Waals surface area contributed by atoms with E-state index in [1.165, 1.54) is 5.56 Å². The van der Waals surface area contributed by atoms with Gasteiger partial charge in [0.25, 0.3) is 0 Å². The number of nitrogens with zero attached hydrogens (tertiary/aromatic N) is 1. The standard InChI is InChI=1S/C14H23N3O.ClH/c1-10-5-12(9-17(3)4)8-13(6-10)16-14(18)7-11(2)15;/h5-6,8,11H,7,9,15H2,1-4H3,(H,16,18);1H. The molecular formula is C14H24ClN3O. The molecule has 1 atom stereocenters. The molecule has 3 N–H and O–H groups in total. The minimum absolute atomic E-state index is 0. The normalized spacial score (nSPS) is 11.9. The molecule has 4 nitrogen and oxygen atoms in total. The molecule has 5 heteroatoms. The lowest BCUT2D eigenvalue weighted by Crippen LogP contribution is -2.24. The lowest BCUT2D eigenvalue weighted by Gasteiger charge is -2.13. The van der Waals surface area contributed by atoms with E-state index in [-0.39, 0.29) is 24.4 Å². The van der Waals surface area contributed by atoms with Crippen molar-refractivity contribution in [2.45, 2.75) is 32.9 Å². The van der Waals surface area contributed by atoms with Gasteiger partial charge in [0.2, 0.25) is 5.91 Å². The monoisotopic (exact) mass is 285 g/mol. The molecule has 0 aliphatic carbocycles. The van der Waals surface area contributed by atoms with Gasteiger partial charge in [0.15, 0.2) is 0 Å². The smallest absolute Gasteiger partial charge is 0.225 e. The van der Waals surface area contributed by atoms with Gasteiger partial charge in [0.05, 0.1) is 0 Å². The van der Waals surface area contributed by atoms with Crippen LogP contribution in [0.3, 0.4) is 0 Å². The van der Waals surface area contributed by atoms with Crippen LogP contribution in [0.25, 0.3) is 0 Å². The third kappa shape index (κ3) is 7.15. The van der Waals surface area contributed by atoms with Gasteiger partial charge in [-0.25, -0.2) is 0 Å². The number of hydrogen-bond acceptors (Lipinski definition) is 3. The summed E-state index contributed by atoms with van der Waals surface area (Å²) >= 11 is 0. The Bertz CT molecular complexity index is 419. The Balaban J connectivity index is 0.00000324. The molecule has 1 amide bonds. The summed E-state index contributed by atoms with van der Waals surface area (Å²) in [7, 11) is 4.05. The molecule has 0 saturated heterocycles. The van der Waals surface area contributed by atoms with Crippen molar-refractivity contribution in [1.82, 2.24) is 4.90 Å². The second-order valence-corrected chi connectivity index (χ2v) is 5.17. The second kappa shape index (κ2) is 8.15. The molecule has 0 spiro atoms. The highest BCUT2D eigenvalue weighted by Gasteiger charge is 2.07. The molecule has 0 heterocycles. The molecule has 0 bridgehead atoms. The minimum atomic E-state index is -0.115. The van der Waals surface area contributed by atoms with Crippen LogP contribution in [0, 0.1) is 6.92 Å². The lowest BCUT2D eigenvalue weighted by molar-refractivity contribution is -0.116. The van der Waals surface area contributed by atoms with E-state index >= 15 is 0 Å². The van der Waals surface area contributed by atoms with Crippen LogP contribution in [0.15, 0.2) is 18.2 Å². The summed E-state index contributed by atoms with van der Waals surface area (Å²) in [5.74, 6) is -0.0357. The highest BCUT2D eigenvalue weighted by molar-refractivity contribution is 5.91. The number of nitrogens with two attached hydrogens (primary N) is 1. The van der Waals surface area contributed by atoms with E-state index in [0.717, 1.165) is 17.8 Å². The van der Waals surface area contributed by atoms with E-state index < -0.39 is 0 Å². The topological polar surface area (TPSA) is 58.4 Å². The van der Waals surface area contributed by atoms with Crippen molar-refractivity contribution in [2.24, 2.45) is 5.73 Å². The zero-order valence-corrected chi connectivity index (χ0v) is 12.9. The van der Waals surface area contributed by atoms with Crippen LogP contribution in [0.2, 0.25) is 0 Å². The first kappa shape index (κ1) is 17.9. The van der Waals surface area contributed by atoms with Gasteiger partial charge in [-0.05, 0) is 51.2 Å². The van der Waals surface area contributed by atoms with E-state index in [4.69, 9.17) is 5.73 Å². The third-order valence-corrected chi connectivity index (χ3v) is 2.43. The Kier molecular flexibility index (Phi) is 7.68. The summed E-state index contributed by atoms with van der Waals surface area (Å²) in [6, 6.07) is 5.99. The first-order valence-corrected chi connectivity index (χ1v) is 6.17. The number of amides is 1. The number of hydrogen-bond donors (Lipinski definition) is 2. The number of rotatable bonds is 5. The lowest BCUT2D eigenvalue weighted by atomic mass is 10.1. The number of carbonyl (C=O) groups excluding carboxylic acids is 1. The fraction of sp³-hybridized carbons (Fsp3) is 0.500. The third-order valence-electron chi connectivity index (χ3n) is 2.43. The highest BCUT2D eigenvalue weighted by atomic mass is 35.5. The summed E-state index contributed by atoms with van der Waals surface area (Å²) in [5, 5.41) is 2.89. The second-order valence-electron chi connectivity index (χ2n) is 5.17. The number of halogens is 1. The Morgan fingerprint density at radius 2 is 2.00 bits per heavy atom. The molecule has 0 aliphatic rings. The largest absolute Gasteiger partial charge is 0.327 e. The molecule has 0 fully saturated rings. The molecule has 1 aromatic carbocycles. The average molecular weight is 286 g/mol. The SMILES string of the molecule is Cc1cc(CN(C)C)cc(NC(=O)CC(C)N)c1.Cl. The molecule has 0 radical (unpaired) electrons. The fourth-order valence-corrected chi connectivity index (χ4v) is 1.90. The number of carbonyl (C=O) groups is 1. The van der Waals surface area contributed by atoms with Gasteiger partial charge in [0, 0.05) is 24.7 Å². The van der Waals surface area contributed by atoms with E-state index in [0.29, 0.717) is 6.42 Å². The fourth-order valence-electron chi connectivity index (χ4n) is 1.90. The first-order chi connectivity index (χ1) is 8.36. The Labute approximate surface area is 121 Å². The highest BCUT2D eigenvalue weighted by Crippen LogP contribution is 2.16. The minimum Gasteiger partial charge on any atom is -0.327 e. The van der Waals surface area contributed by atoms with Gasteiger partial charge in [-0.15, -0.1) is 12.4 Å². The molecule has 0 saturated carbocycles. The molecule has 1 rings (SSSR count). The van der Waals surface area contributed by atoms with Crippen molar-refractivity contribution in [1.29, 1.82) is 0 Å². The molecule has 108 valence electrons. The quantitative estimate of drug-likeness (QED) is 0.872. The molecule has 19 heavy (non-hydrogen) atoms. The van der Waals surface area contributed by atoms with Gasteiger partial charge in [-0.2, -0.15) is 0 Å². The van der Waals surface area contributed by atoms with Crippen LogP contribution >= 0.6 is 12.4 Å². The van der Waals surface area contributed by atoms with Crippen molar-refractivity contribution in [3.8, 4) is 0 Å². The Morgan fingerprint density at radius 3 is 2.53 bits per heavy atom. The Morgan fingerprint density at radius 1 is 1.37 bits per heavy atom. The maximum Gasteiger partial charge on any atom is 0.225 e. The van der Waals surface area contributed by atoms with Crippen molar-refractivity contribution >= 4 is 24.0 Å². The van der Waals surface area contributed by atoms with Crippen LogP contribution in [0.4, 0.5) is 5.69 Å². The molecule has 0 aromatic heterocycles. The summed E-state index contributed by atoms with van der Waals surface area (Å²) in [5.41, 5.74) is 8.78. The number of nitrogens with one attached hydrogen (secondary N) is 1. The predicted octanol–water partition coefficient (Wildman–Crippen LogP) is 2.15. The number of anilines is 1. The van der Waals surface area contributed by atoms with Gasteiger partial charge in [0.1, 0.15) is 0 Å².